The number of hydrogen-bond acceptors (Lipinski definition) is 4. The number of rotatable bonds is 4. The van der Waals surface area contributed by atoms with Gasteiger partial charge in [0, 0.05) is 37.4 Å². The Labute approximate surface area is 109 Å². The van der Waals surface area contributed by atoms with Crippen molar-refractivity contribution >= 4 is 0 Å². The highest BCUT2D eigenvalue weighted by Crippen LogP contribution is 2.24. The number of ether oxygens (including phenoxy) is 1. The summed E-state index contributed by atoms with van der Waals surface area (Å²) in [4.78, 5) is 9.29. The summed E-state index contributed by atoms with van der Waals surface area (Å²) in [6.07, 6.45) is 2.08. The minimum atomic E-state index is 0.469. The first-order chi connectivity index (χ1) is 8.65. The van der Waals surface area contributed by atoms with E-state index in [9.17, 15) is 0 Å². The third-order valence-corrected chi connectivity index (χ3v) is 3.20. The molecule has 0 saturated carbocycles. The molecule has 1 aromatic rings. The van der Waals surface area contributed by atoms with Crippen LogP contribution in [-0.4, -0.2) is 29.2 Å². The molecule has 1 aliphatic rings. The Hall–Kier alpha value is -1.00. The van der Waals surface area contributed by atoms with Crippen molar-refractivity contribution in [2.45, 2.75) is 52.1 Å². The Kier molecular flexibility index (Phi) is 4.66. The summed E-state index contributed by atoms with van der Waals surface area (Å²) in [5.41, 5.74) is 2.16. The summed E-state index contributed by atoms with van der Waals surface area (Å²) < 4.78 is 5.39. The standard InChI is InChI=1S/C14H23N3O/c1-10(2)15-9-13-8-11(3)16-14(17-13)12-4-6-18-7-5-12/h8,10,12,15H,4-7,9H2,1-3H3. The van der Waals surface area contributed by atoms with Gasteiger partial charge in [-0.15, -0.1) is 0 Å². The second kappa shape index (κ2) is 6.25. The first kappa shape index (κ1) is 13.4. The summed E-state index contributed by atoms with van der Waals surface area (Å²) in [5, 5.41) is 3.40. The molecule has 0 unspecified atom stereocenters. The van der Waals surface area contributed by atoms with Gasteiger partial charge >= 0.3 is 0 Å². The molecular formula is C14H23N3O. The second-order valence-corrected chi connectivity index (χ2v) is 5.28. The van der Waals surface area contributed by atoms with E-state index in [1.165, 1.54) is 0 Å². The molecule has 0 aromatic carbocycles. The molecule has 0 radical (unpaired) electrons. The monoisotopic (exact) mass is 249 g/mol. The number of nitrogens with zero attached hydrogens (tertiary/aromatic N) is 2. The molecule has 1 N–H and O–H groups in total. The third kappa shape index (κ3) is 3.75. The minimum absolute atomic E-state index is 0.469. The smallest absolute Gasteiger partial charge is 0.132 e. The van der Waals surface area contributed by atoms with Gasteiger partial charge in [0.2, 0.25) is 0 Å². The quantitative estimate of drug-likeness (QED) is 0.888. The Balaban J connectivity index is 2.09. The lowest BCUT2D eigenvalue weighted by atomic mass is 9.99. The van der Waals surface area contributed by atoms with E-state index in [4.69, 9.17) is 9.72 Å². The predicted molar refractivity (Wildman–Crippen MR) is 71.5 cm³/mol. The number of hydrogen-bond donors (Lipinski definition) is 1. The number of aromatic nitrogens is 2. The molecule has 100 valence electrons. The van der Waals surface area contributed by atoms with E-state index in [1.54, 1.807) is 0 Å². The van der Waals surface area contributed by atoms with Crippen LogP contribution >= 0.6 is 0 Å². The van der Waals surface area contributed by atoms with Gasteiger partial charge in [0.1, 0.15) is 5.82 Å². The average Bonchev–Trinajstić information content (AvgIpc) is 2.37. The third-order valence-electron chi connectivity index (χ3n) is 3.20. The molecule has 0 amide bonds. The van der Waals surface area contributed by atoms with Gasteiger partial charge in [-0.05, 0) is 25.8 Å². The Morgan fingerprint density at radius 3 is 2.72 bits per heavy atom. The van der Waals surface area contributed by atoms with Gasteiger partial charge in [0.15, 0.2) is 0 Å². The van der Waals surface area contributed by atoms with Gasteiger partial charge in [-0.2, -0.15) is 0 Å². The summed E-state index contributed by atoms with van der Waals surface area (Å²) in [6.45, 7) is 8.82. The molecule has 0 spiro atoms. The van der Waals surface area contributed by atoms with E-state index >= 15 is 0 Å². The fraction of sp³-hybridized carbons (Fsp3) is 0.714. The molecule has 0 bridgehead atoms. The molecular weight excluding hydrogens is 226 g/mol. The highest BCUT2D eigenvalue weighted by atomic mass is 16.5. The van der Waals surface area contributed by atoms with Crippen LogP contribution in [0.5, 0.6) is 0 Å². The zero-order valence-corrected chi connectivity index (χ0v) is 11.6. The van der Waals surface area contributed by atoms with Gasteiger partial charge in [0.05, 0.1) is 5.69 Å². The largest absolute Gasteiger partial charge is 0.381 e. The maximum absolute atomic E-state index is 5.39. The fourth-order valence-corrected chi connectivity index (χ4v) is 2.20. The van der Waals surface area contributed by atoms with Crippen LogP contribution in [0.1, 0.15) is 49.8 Å². The number of aryl methyl sites for hydroxylation is 1. The molecule has 0 aliphatic carbocycles. The van der Waals surface area contributed by atoms with Crippen molar-refractivity contribution < 1.29 is 4.74 Å². The lowest BCUT2D eigenvalue weighted by molar-refractivity contribution is 0.0835. The van der Waals surface area contributed by atoms with Crippen LogP contribution in [0.4, 0.5) is 0 Å². The van der Waals surface area contributed by atoms with Crippen LogP contribution in [0.2, 0.25) is 0 Å². The van der Waals surface area contributed by atoms with E-state index < -0.39 is 0 Å². The van der Waals surface area contributed by atoms with E-state index in [2.05, 4.69) is 30.2 Å². The average molecular weight is 249 g/mol. The lowest BCUT2D eigenvalue weighted by Crippen LogP contribution is -2.23. The van der Waals surface area contributed by atoms with Crippen LogP contribution in [0.25, 0.3) is 0 Å². The lowest BCUT2D eigenvalue weighted by Gasteiger charge is -2.21. The molecule has 1 aromatic heterocycles. The van der Waals surface area contributed by atoms with Gasteiger partial charge in [-0.1, -0.05) is 13.8 Å². The van der Waals surface area contributed by atoms with Crippen molar-refractivity contribution in [3.05, 3.63) is 23.3 Å². The van der Waals surface area contributed by atoms with Crippen LogP contribution in [0, 0.1) is 6.92 Å². The normalized spacial score (nSPS) is 17.3. The maximum atomic E-state index is 5.39. The highest BCUT2D eigenvalue weighted by molar-refractivity contribution is 5.12. The van der Waals surface area contributed by atoms with Gasteiger partial charge in [-0.25, -0.2) is 9.97 Å². The van der Waals surface area contributed by atoms with Crippen molar-refractivity contribution in [1.82, 2.24) is 15.3 Å². The fourth-order valence-electron chi connectivity index (χ4n) is 2.20. The predicted octanol–water partition coefficient (Wildman–Crippen LogP) is 2.18. The molecule has 1 aliphatic heterocycles. The van der Waals surface area contributed by atoms with E-state index in [-0.39, 0.29) is 0 Å². The second-order valence-electron chi connectivity index (χ2n) is 5.28. The molecule has 2 heterocycles. The molecule has 18 heavy (non-hydrogen) atoms. The zero-order chi connectivity index (χ0) is 13.0. The number of nitrogens with one attached hydrogen (secondary N) is 1. The highest BCUT2D eigenvalue weighted by Gasteiger charge is 2.19. The summed E-state index contributed by atoms with van der Waals surface area (Å²) in [7, 11) is 0. The Morgan fingerprint density at radius 2 is 2.06 bits per heavy atom. The molecule has 0 atom stereocenters. The summed E-state index contributed by atoms with van der Waals surface area (Å²) >= 11 is 0. The molecule has 4 heteroatoms. The van der Waals surface area contributed by atoms with Crippen LogP contribution in [-0.2, 0) is 11.3 Å². The summed E-state index contributed by atoms with van der Waals surface area (Å²) in [6, 6.07) is 2.55. The maximum Gasteiger partial charge on any atom is 0.132 e. The molecule has 1 fully saturated rings. The summed E-state index contributed by atoms with van der Waals surface area (Å²) in [5.74, 6) is 1.47. The zero-order valence-electron chi connectivity index (χ0n) is 11.6. The van der Waals surface area contributed by atoms with Crippen molar-refractivity contribution in [2.75, 3.05) is 13.2 Å². The first-order valence-electron chi connectivity index (χ1n) is 6.80. The topological polar surface area (TPSA) is 47.0 Å². The van der Waals surface area contributed by atoms with Gasteiger partial charge in [-0.3, -0.25) is 0 Å². The van der Waals surface area contributed by atoms with E-state index in [1.807, 2.05) is 6.92 Å². The van der Waals surface area contributed by atoms with Crippen molar-refractivity contribution in [1.29, 1.82) is 0 Å². The minimum Gasteiger partial charge on any atom is -0.381 e. The Morgan fingerprint density at radius 1 is 1.33 bits per heavy atom. The molecule has 2 rings (SSSR count). The molecule has 1 saturated heterocycles. The van der Waals surface area contributed by atoms with E-state index in [0.717, 1.165) is 49.8 Å². The van der Waals surface area contributed by atoms with E-state index in [0.29, 0.717) is 12.0 Å². The van der Waals surface area contributed by atoms with Crippen molar-refractivity contribution in [2.24, 2.45) is 0 Å². The van der Waals surface area contributed by atoms with Gasteiger partial charge in [0.25, 0.3) is 0 Å². The Bertz CT molecular complexity index is 387. The van der Waals surface area contributed by atoms with Crippen molar-refractivity contribution in [3.8, 4) is 0 Å². The van der Waals surface area contributed by atoms with Gasteiger partial charge < -0.3 is 10.1 Å². The van der Waals surface area contributed by atoms with Crippen LogP contribution < -0.4 is 5.32 Å². The SMILES string of the molecule is Cc1cc(CNC(C)C)nc(C2CCOCC2)n1. The van der Waals surface area contributed by atoms with Crippen LogP contribution in [0.15, 0.2) is 6.07 Å². The first-order valence-corrected chi connectivity index (χ1v) is 6.80. The van der Waals surface area contributed by atoms with Crippen LogP contribution in [0.3, 0.4) is 0 Å². The molecule has 4 nitrogen and oxygen atoms in total. The van der Waals surface area contributed by atoms with Crippen molar-refractivity contribution in [3.63, 3.8) is 0 Å².